The Kier molecular flexibility index (Phi) is 8.83. The molecule has 1 heterocycles. The number of hydrogen-bond acceptors (Lipinski definition) is 3. The summed E-state index contributed by atoms with van der Waals surface area (Å²) in [5.41, 5.74) is 2.68. The Morgan fingerprint density at radius 2 is 1.39 bits per heavy atom. The van der Waals surface area contributed by atoms with Crippen LogP contribution in [0.2, 0.25) is 0 Å². The lowest BCUT2D eigenvalue weighted by atomic mass is 9.89. The lowest BCUT2D eigenvalue weighted by Crippen LogP contribution is -2.34. The Hall–Kier alpha value is -2.78. The maximum Gasteiger partial charge on any atom is 0.120 e. The van der Waals surface area contributed by atoms with Gasteiger partial charge >= 0.3 is 0 Å². The van der Waals surface area contributed by atoms with Gasteiger partial charge in [0.2, 0.25) is 0 Å². The minimum absolute atomic E-state index is 0.585. The van der Waals surface area contributed by atoms with Gasteiger partial charge < -0.3 is 14.4 Å². The molecule has 0 aliphatic carbocycles. The fraction of sp³-hybridized carbons (Fsp3) is 0.400. The molecule has 3 aromatic carbocycles. The van der Waals surface area contributed by atoms with Crippen LogP contribution in [0, 0.1) is 5.92 Å². The molecule has 0 spiro atoms. The van der Waals surface area contributed by atoms with Crippen molar-refractivity contribution >= 4 is 0 Å². The van der Waals surface area contributed by atoms with Gasteiger partial charge in [0, 0.05) is 0 Å². The molecule has 0 bridgehead atoms. The van der Waals surface area contributed by atoms with Crippen molar-refractivity contribution in [2.24, 2.45) is 5.92 Å². The van der Waals surface area contributed by atoms with Crippen LogP contribution in [-0.2, 0) is 6.61 Å². The first-order valence-corrected chi connectivity index (χ1v) is 12.5. The van der Waals surface area contributed by atoms with E-state index in [1.165, 1.54) is 50.0 Å². The summed E-state index contributed by atoms with van der Waals surface area (Å²) in [6.07, 6.45) is 4.90. The number of likely N-dealkylation sites (tertiary alicyclic amines) is 1. The van der Waals surface area contributed by atoms with Crippen molar-refractivity contribution < 1.29 is 9.47 Å². The zero-order chi connectivity index (χ0) is 22.7. The average molecular weight is 444 g/mol. The summed E-state index contributed by atoms with van der Waals surface area (Å²) in [7, 11) is 0. The molecule has 3 aromatic rings. The maximum absolute atomic E-state index is 6.12. The second-order valence-electron chi connectivity index (χ2n) is 9.15. The van der Waals surface area contributed by atoms with E-state index in [0.29, 0.717) is 12.5 Å². The van der Waals surface area contributed by atoms with Crippen LogP contribution in [0.3, 0.4) is 0 Å². The van der Waals surface area contributed by atoms with Gasteiger partial charge in [0.15, 0.2) is 0 Å². The number of ether oxygens (including phenoxy) is 2. The molecule has 0 saturated carbocycles. The monoisotopic (exact) mass is 443 g/mol. The zero-order valence-corrected chi connectivity index (χ0v) is 19.9. The van der Waals surface area contributed by atoms with Gasteiger partial charge in [0.25, 0.3) is 0 Å². The van der Waals surface area contributed by atoms with Crippen molar-refractivity contribution in [1.82, 2.24) is 4.90 Å². The van der Waals surface area contributed by atoms with E-state index >= 15 is 0 Å². The SMILES string of the molecule is CCC(CCN1CCC(c2ccccc2)CC1)COc1ccc(OCc2ccccc2)cc1. The van der Waals surface area contributed by atoms with Crippen LogP contribution < -0.4 is 9.47 Å². The Morgan fingerprint density at radius 3 is 2.03 bits per heavy atom. The van der Waals surface area contributed by atoms with Crippen LogP contribution in [0.25, 0.3) is 0 Å². The van der Waals surface area contributed by atoms with E-state index in [0.717, 1.165) is 30.4 Å². The highest BCUT2D eigenvalue weighted by Gasteiger charge is 2.21. The first-order valence-electron chi connectivity index (χ1n) is 12.5. The number of rotatable bonds is 11. The summed E-state index contributed by atoms with van der Waals surface area (Å²) < 4.78 is 12.0. The molecule has 1 fully saturated rings. The third-order valence-electron chi connectivity index (χ3n) is 6.85. The standard InChI is InChI=1S/C30H37NO2/c1-2-25(17-20-31-21-18-28(19-22-31)27-11-7-4-8-12-27)23-32-29-13-15-30(16-14-29)33-24-26-9-5-3-6-10-26/h3-16,25,28H,2,17-24H2,1H3. The Morgan fingerprint density at radius 1 is 0.788 bits per heavy atom. The van der Waals surface area contributed by atoms with Gasteiger partial charge in [-0.1, -0.05) is 74.0 Å². The quantitative estimate of drug-likeness (QED) is 0.320. The molecule has 0 amide bonds. The molecule has 0 radical (unpaired) electrons. The highest BCUT2D eigenvalue weighted by atomic mass is 16.5. The average Bonchev–Trinajstić information content (AvgIpc) is 2.90. The fourth-order valence-corrected chi connectivity index (χ4v) is 4.57. The first kappa shape index (κ1) is 23.4. The predicted octanol–water partition coefficient (Wildman–Crippen LogP) is 6.94. The molecule has 3 nitrogen and oxygen atoms in total. The Balaban J connectivity index is 1.15. The van der Waals surface area contributed by atoms with E-state index in [2.05, 4.69) is 54.3 Å². The molecule has 0 aromatic heterocycles. The van der Waals surface area contributed by atoms with Crippen molar-refractivity contribution in [2.45, 2.75) is 45.1 Å². The van der Waals surface area contributed by atoms with Crippen LogP contribution in [0.5, 0.6) is 11.5 Å². The van der Waals surface area contributed by atoms with Crippen molar-refractivity contribution in [3.63, 3.8) is 0 Å². The van der Waals surface area contributed by atoms with Gasteiger partial charge in [-0.3, -0.25) is 0 Å². The second-order valence-corrected chi connectivity index (χ2v) is 9.15. The van der Waals surface area contributed by atoms with Gasteiger partial charge in [-0.2, -0.15) is 0 Å². The normalized spacial score (nSPS) is 15.8. The largest absolute Gasteiger partial charge is 0.493 e. The summed E-state index contributed by atoms with van der Waals surface area (Å²) in [4.78, 5) is 2.64. The number of piperidine rings is 1. The van der Waals surface area contributed by atoms with Crippen LogP contribution >= 0.6 is 0 Å². The predicted molar refractivity (Wildman–Crippen MR) is 136 cm³/mol. The van der Waals surface area contributed by atoms with E-state index in [-0.39, 0.29) is 0 Å². The van der Waals surface area contributed by atoms with E-state index in [4.69, 9.17) is 9.47 Å². The summed E-state index contributed by atoms with van der Waals surface area (Å²) >= 11 is 0. The summed E-state index contributed by atoms with van der Waals surface area (Å²) in [5, 5.41) is 0. The van der Waals surface area contributed by atoms with Gasteiger partial charge in [-0.15, -0.1) is 0 Å². The lowest BCUT2D eigenvalue weighted by molar-refractivity contribution is 0.175. The molecule has 0 N–H and O–H groups in total. The molecule has 1 aliphatic heterocycles. The Labute approximate surface area is 199 Å². The zero-order valence-electron chi connectivity index (χ0n) is 19.9. The molecular weight excluding hydrogens is 406 g/mol. The molecular formula is C30H37NO2. The minimum atomic E-state index is 0.585. The molecule has 174 valence electrons. The van der Waals surface area contributed by atoms with Crippen LogP contribution in [0.15, 0.2) is 84.9 Å². The third kappa shape index (κ3) is 7.36. The topological polar surface area (TPSA) is 21.7 Å². The van der Waals surface area contributed by atoms with Crippen LogP contribution in [0.4, 0.5) is 0 Å². The van der Waals surface area contributed by atoms with E-state index in [1.54, 1.807) is 0 Å². The molecule has 1 unspecified atom stereocenters. The summed E-state index contributed by atoms with van der Waals surface area (Å²) in [5.74, 6) is 3.11. The molecule has 4 rings (SSSR count). The van der Waals surface area contributed by atoms with Crippen molar-refractivity contribution in [3.05, 3.63) is 96.1 Å². The van der Waals surface area contributed by atoms with Crippen LogP contribution in [0.1, 0.15) is 49.7 Å². The van der Waals surface area contributed by atoms with E-state index in [1.807, 2.05) is 42.5 Å². The third-order valence-corrected chi connectivity index (χ3v) is 6.85. The highest BCUT2D eigenvalue weighted by molar-refractivity contribution is 5.31. The molecule has 1 saturated heterocycles. The van der Waals surface area contributed by atoms with E-state index in [9.17, 15) is 0 Å². The lowest BCUT2D eigenvalue weighted by Gasteiger charge is -2.33. The van der Waals surface area contributed by atoms with Crippen molar-refractivity contribution in [1.29, 1.82) is 0 Å². The number of nitrogens with zero attached hydrogens (tertiary/aromatic N) is 1. The number of hydrogen-bond donors (Lipinski definition) is 0. The minimum Gasteiger partial charge on any atom is -0.493 e. The highest BCUT2D eigenvalue weighted by Crippen LogP contribution is 2.28. The van der Waals surface area contributed by atoms with Gasteiger partial charge in [0.1, 0.15) is 18.1 Å². The van der Waals surface area contributed by atoms with E-state index < -0.39 is 0 Å². The molecule has 1 aliphatic rings. The smallest absolute Gasteiger partial charge is 0.120 e. The summed E-state index contributed by atoms with van der Waals surface area (Å²) in [6, 6.07) is 29.3. The van der Waals surface area contributed by atoms with Crippen molar-refractivity contribution in [2.75, 3.05) is 26.2 Å². The molecule has 33 heavy (non-hydrogen) atoms. The van der Waals surface area contributed by atoms with Crippen LogP contribution in [-0.4, -0.2) is 31.1 Å². The number of benzene rings is 3. The molecule has 1 atom stereocenters. The maximum atomic E-state index is 6.12. The second kappa shape index (κ2) is 12.5. The molecule has 3 heteroatoms. The summed E-state index contributed by atoms with van der Waals surface area (Å²) in [6.45, 7) is 7.23. The Bertz CT molecular complexity index is 919. The van der Waals surface area contributed by atoms with Gasteiger partial charge in [0.05, 0.1) is 6.61 Å². The first-order chi connectivity index (χ1) is 16.3. The fourth-order valence-electron chi connectivity index (χ4n) is 4.57. The van der Waals surface area contributed by atoms with Gasteiger partial charge in [-0.25, -0.2) is 0 Å². The van der Waals surface area contributed by atoms with Crippen molar-refractivity contribution in [3.8, 4) is 11.5 Å². The van der Waals surface area contributed by atoms with Gasteiger partial charge in [-0.05, 0) is 86.1 Å².